The molecule has 1 atom stereocenters. The highest BCUT2D eigenvalue weighted by molar-refractivity contribution is 7.17. The van der Waals surface area contributed by atoms with Gasteiger partial charge in [0.15, 0.2) is 0 Å². The monoisotopic (exact) mass is 381 g/mol. The first-order valence-electron chi connectivity index (χ1n) is 9.20. The summed E-state index contributed by atoms with van der Waals surface area (Å²) in [5.41, 5.74) is 3.14. The highest BCUT2D eigenvalue weighted by Crippen LogP contribution is 2.28. The van der Waals surface area contributed by atoms with Crippen LogP contribution in [0.15, 0.2) is 42.7 Å². The lowest BCUT2D eigenvalue weighted by Crippen LogP contribution is -2.40. The van der Waals surface area contributed by atoms with Crippen LogP contribution in [0.3, 0.4) is 0 Å². The van der Waals surface area contributed by atoms with Crippen LogP contribution in [0.2, 0.25) is 0 Å². The van der Waals surface area contributed by atoms with Crippen LogP contribution in [0, 0.1) is 19.8 Å². The van der Waals surface area contributed by atoms with E-state index in [0.717, 1.165) is 46.5 Å². The lowest BCUT2D eigenvalue weighted by atomic mass is 9.97. The zero-order valence-electron chi connectivity index (χ0n) is 15.6. The summed E-state index contributed by atoms with van der Waals surface area (Å²) in [5.74, 6) is 0.0427. The maximum Gasteiger partial charge on any atom is 0.229 e. The standard InChI is InChI=1S/C20H23N5OS/c1-14-7-8-15(2)17(12-14)21-18(26)16-6-5-11-25(13-16)20-23-22-19(27-20)24-9-3-4-10-24/h3-4,7-10,12,16H,5-6,11,13H2,1-2H3,(H,21,26)/t16-/m0/s1. The first-order chi connectivity index (χ1) is 13.1. The molecule has 1 N–H and O–H groups in total. The van der Waals surface area contributed by atoms with E-state index in [1.165, 1.54) is 0 Å². The van der Waals surface area contributed by atoms with Gasteiger partial charge in [-0.2, -0.15) is 0 Å². The van der Waals surface area contributed by atoms with Gasteiger partial charge in [0, 0.05) is 31.2 Å². The number of hydrogen-bond acceptors (Lipinski definition) is 5. The predicted molar refractivity (Wildman–Crippen MR) is 109 cm³/mol. The van der Waals surface area contributed by atoms with Crippen molar-refractivity contribution in [2.45, 2.75) is 26.7 Å². The van der Waals surface area contributed by atoms with Crippen molar-refractivity contribution in [1.29, 1.82) is 0 Å². The van der Waals surface area contributed by atoms with Crippen molar-refractivity contribution in [3.05, 3.63) is 53.9 Å². The van der Waals surface area contributed by atoms with E-state index in [9.17, 15) is 4.79 Å². The maximum absolute atomic E-state index is 12.8. The zero-order valence-corrected chi connectivity index (χ0v) is 16.4. The van der Waals surface area contributed by atoms with Gasteiger partial charge < -0.3 is 10.2 Å². The first kappa shape index (κ1) is 17.7. The second kappa shape index (κ2) is 7.52. The fourth-order valence-corrected chi connectivity index (χ4v) is 4.22. The molecule has 1 amide bonds. The van der Waals surface area contributed by atoms with Gasteiger partial charge >= 0.3 is 0 Å². The molecule has 6 nitrogen and oxygen atoms in total. The Kier molecular flexibility index (Phi) is 4.94. The summed E-state index contributed by atoms with van der Waals surface area (Å²) < 4.78 is 1.95. The van der Waals surface area contributed by atoms with E-state index in [2.05, 4.69) is 26.5 Å². The van der Waals surface area contributed by atoms with E-state index in [1.54, 1.807) is 11.3 Å². The number of carbonyl (C=O) groups excluding carboxylic acids is 1. The molecule has 4 rings (SSSR count). The summed E-state index contributed by atoms with van der Waals surface area (Å²) in [7, 11) is 0. The van der Waals surface area contributed by atoms with Crippen molar-refractivity contribution in [3.8, 4) is 5.13 Å². The molecule has 140 valence electrons. The van der Waals surface area contributed by atoms with Crippen LogP contribution in [0.1, 0.15) is 24.0 Å². The number of rotatable bonds is 4. The molecule has 0 aliphatic carbocycles. The quantitative estimate of drug-likeness (QED) is 0.747. The van der Waals surface area contributed by atoms with E-state index in [-0.39, 0.29) is 11.8 Å². The van der Waals surface area contributed by atoms with E-state index in [1.807, 2.05) is 55.1 Å². The molecule has 1 aliphatic rings. The molecular formula is C20H23N5OS. The van der Waals surface area contributed by atoms with E-state index in [4.69, 9.17) is 0 Å². The van der Waals surface area contributed by atoms with Crippen molar-refractivity contribution in [3.63, 3.8) is 0 Å². The number of benzene rings is 1. The van der Waals surface area contributed by atoms with Crippen molar-refractivity contribution < 1.29 is 4.79 Å². The largest absolute Gasteiger partial charge is 0.346 e. The Hall–Kier alpha value is -2.67. The van der Waals surface area contributed by atoms with E-state index < -0.39 is 0 Å². The molecule has 1 aromatic carbocycles. The van der Waals surface area contributed by atoms with Crippen molar-refractivity contribution in [2.24, 2.45) is 5.92 Å². The Morgan fingerprint density at radius 2 is 1.96 bits per heavy atom. The molecular weight excluding hydrogens is 358 g/mol. The highest BCUT2D eigenvalue weighted by Gasteiger charge is 2.28. The van der Waals surface area contributed by atoms with Gasteiger partial charge in [0.05, 0.1) is 5.92 Å². The van der Waals surface area contributed by atoms with Crippen molar-refractivity contribution in [1.82, 2.24) is 14.8 Å². The summed E-state index contributed by atoms with van der Waals surface area (Å²) in [6.07, 6.45) is 5.79. The number of hydrogen-bond donors (Lipinski definition) is 1. The zero-order chi connectivity index (χ0) is 18.8. The third-order valence-corrected chi connectivity index (χ3v) is 5.94. The molecule has 3 aromatic rings. The summed E-state index contributed by atoms with van der Waals surface area (Å²) in [6, 6.07) is 10.1. The minimum absolute atomic E-state index is 0.0439. The average Bonchev–Trinajstić information content (AvgIpc) is 3.36. The van der Waals surface area contributed by atoms with Crippen molar-refractivity contribution >= 4 is 28.1 Å². The smallest absolute Gasteiger partial charge is 0.229 e. The topological polar surface area (TPSA) is 63.1 Å². The highest BCUT2D eigenvalue weighted by atomic mass is 32.1. The minimum atomic E-state index is -0.0439. The normalized spacial score (nSPS) is 17.1. The van der Waals surface area contributed by atoms with E-state index >= 15 is 0 Å². The maximum atomic E-state index is 12.8. The fourth-order valence-electron chi connectivity index (χ4n) is 3.37. The van der Waals surface area contributed by atoms with Gasteiger partial charge in [-0.25, -0.2) is 0 Å². The first-order valence-corrected chi connectivity index (χ1v) is 10.0. The summed E-state index contributed by atoms with van der Waals surface area (Å²) >= 11 is 1.55. The van der Waals surface area contributed by atoms with Gasteiger partial charge in [-0.15, -0.1) is 10.2 Å². The molecule has 27 heavy (non-hydrogen) atoms. The molecule has 1 aliphatic heterocycles. The number of carbonyl (C=O) groups is 1. The Balaban J connectivity index is 1.45. The fraction of sp³-hybridized carbons (Fsp3) is 0.350. The minimum Gasteiger partial charge on any atom is -0.346 e. The molecule has 3 heterocycles. The number of nitrogens with one attached hydrogen (secondary N) is 1. The lowest BCUT2D eigenvalue weighted by molar-refractivity contribution is -0.120. The van der Waals surface area contributed by atoms with Crippen molar-refractivity contribution in [2.75, 3.05) is 23.3 Å². The molecule has 0 radical (unpaired) electrons. The number of nitrogens with zero attached hydrogens (tertiary/aromatic N) is 4. The van der Waals surface area contributed by atoms with E-state index in [0.29, 0.717) is 6.54 Å². The molecule has 2 aromatic heterocycles. The number of aromatic nitrogens is 3. The third-order valence-electron chi connectivity index (χ3n) is 4.94. The number of amides is 1. The molecule has 0 bridgehead atoms. The van der Waals surface area contributed by atoms with Crippen LogP contribution in [0.4, 0.5) is 10.8 Å². The van der Waals surface area contributed by atoms with Crippen LogP contribution in [-0.4, -0.2) is 33.8 Å². The van der Waals surface area contributed by atoms with Gasteiger partial charge in [0.2, 0.25) is 16.2 Å². The third kappa shape index (κ3) is 3.88. The summed E-state index contributed by atoms with van der Waals surface area (Å²) in [5, 5.41) is 13.5. The van der Waals surface area contributed by atoms with Crippen LogP contribution in [-0.2, 0) is 4.79 Å². The molecule has 1 fully saturated rings. The summed E-state index contributed by atoms with van der Waals surface area (Å²) in [6.45, 7) is 5.64. The average molecular weight is 382 g/mol. The molecule has 1 saturated heterocycles. The Morgan fingerprint density at radius 3 is 2.78 bits per heavy atom. The van der Waals surface area contributed by atoms with Crippen LogP contribution < -0.4 is 10.2 Å². The molecule has 0 saturated carbocycles. The van der Waals surface area contributed by atoms with Crippen LogP contribution in [0.25, 0.3) is 5.13 Å². The number of aryl methyl sites for hydroxylation is 2. The molecule has 0 spiro atoms. The van der Waals surface area contributed by atoms with Gasteiger partial charge in [0.1, 0.15) is 0 Å². The SMILES string of the molecule is Cc1ccc(C)c(NC(=O)[C@H]2CCCN(c3nnc(-n4cccc4)s3)C2)c1. The molecule has 0 unspecified atom stereocenters. The second-order valence-corrected chi connectivity index (χ2v) is 7.98. The number of piperidine rings is 1. The van der Waals surface area contributed by atoms with Crippen LogP contribution in [0.5, 0.6) is 0 Å². The Bertz CT molecular complexity index is 934. The van der Waals surface area contributed by atoms with Gasteiger partial charge in [-0.3, -0.25) is 9.36 Å². The Labute approximate surface area is 162 Å². The molecule has 7 heteroatoms. The lowest BCUT2D eigenvalue weighted by Gasteiger charge is -2.31. The van der Waals surface area contributed by atoms with Gasteiger partial charge in [-0.1, -0.05) is 23.5 Å². The van der Waals surface area contributed by atoms with Crippen LogP contribution >= 0.6 is 11.3 Å². The summed E-state index contributed by atoms with van der Waals surface area (Å²) in [4.78, 5) is 15.0. The predicted octanol–water partition coefficient (Wildman–Crippen LogP) is 3.80. The number of anilines is 2. The van der Waals surface area contributed by atoms with Gasteiger partial charge in [-0.05, 0) is 56.0 Å². The van der Waals surface area contributed by atoms with Gasteiger partial charge in [0.25, 0.3) is 0 Å². The second-order valence-electron chi connectivity index (χ2n) is 7.05. The Morgan fingerprint density at radius 1 is 1.19 bits per heavy atom.